The average molecular weight is 418 g/mol. The number of rotatable bonds is 6. The van der Waals surface area contributed by atoms with Gasteiger partial charge in [-0.25, -0.2) is 4.79 Å². The lowest BCUT2D eigenvalue weighted by Crippen LogP contribution is -2.18. The van der Waals surface area contributed by atoms with E-state index < -0.39 is 17.0 Å². The molecule has 3 aromatic rings. The standard InChI is InChI=1S/C23H18N2O6/c26-22(27)12-14-9-10-21(25(29)30)20(11-14)24-23(28)31-13-19-17-7-3-1-5-15(17)16-6-2-4-8-18(16)19/h1-11,19H,12-13H2,(H,24,28)(H,26,27). The number of benzene rings is 3. The molecule has 0 saturated carbocycles. The highest BCUT2D eigenvalue weighted by molar-refractivity contribution is 5.88. The number of carboxylic acid groups (broad SMARTS) is 1. The number of nitrogens with zero attached hydrogens (tertiary/aromatic N) is 1. The lowest BCUT2D eigenvalue weighted by atomic mass is 9.98. The number of aliphatic carboxylic acids is 1. The van der Waals surface area contributed by atoms with Gasteiger partial charge in [0.05, 0.1) is 11.3 Å². The Hall–Kier alpha value is -4.20. The van der Waals surface area contributed by atoms with Gasteiger partial charge in [-0.1, -0.05) is 54.6 Å². The summed E-state index contributed by atoms with van der Waals surface area (Å²) in [6, 6.07) is 19.5. The van der Waals surface area contributed by atoms with Crippen molar-refractivity contribution in [2.45, 2.75) is 12.3 Å². The summed E-state index contributed by atoms with van der Waals surface area (Å²) in [5, 5.41) is 22.6. The zero-order valence-corrected chi connectivity index (χ0v) is 16.3. The molecule has 0 bridgehead atoms. The van der Waals surface area contributed by atoms with Crippen LogP contribution in [-0.4, -0.2) is 28.7 Å². The van der Waals surface area contributed by atoms with Gasteiger partial charge >= 0.3 is 12.1 Å². The third-order valence-corrected chi connectivity index (χ3v) is 5.19. The molecule has 0 aromatic heterocycles. The van der Waals surface area contributed by atoms with Crippen LogP contribution in [0.2, 0.25) is 0 Å². The first kappa shape index (κ1) is 20.1. The highest BCUT2D eigenvalue weighted by atomic mass is 16.6. The molecule has 1 aliphatic carbocycles. The molecule has 0 unspecified atom stereocenters. The molecule has 0 radical (unpaired) electrons. The number of fused-ring (bicyclic) bond motifs is 3. The number of ether oxygens (including phenoxy) is 1. The third kappa shape index (κ3) is 4.09. The van der Waals surface area contributed by atoms with Crippen LogP contribution < -0.4 is 5.32 Å². The van der Waals surface area contributed by atoms with E-state index >= 15 is 0 Å². The fourth-order valence-corrected chi connectivity index (χ4v) is 3.87. The molecule has 31 heavy (non-hydrogen) atoms. The van der Waals surface area contributed by atoms with Crippen LogP contribution in [0.25, 0.3) is 11.1 Å². The van der Waals surface area contributed by atoms with Crippen LogP contribution >= 0.6 is 0 Å². The highest BCUT2D eigenvalue weighted by Gasteiger charge is 2.29. The van der Waals surface area contributed by atoms with Crippen molar-refractivity contribution < 1.29 is 24.4 Å². The third-order valence-electron chi connectivity index (χ3n) is 5.19. The Morgan fingerprint density at radius 1 is 1.00 bits per heavy atom. The molecule has 0 heterocycles. The van der Waals surface area contributed by atoms with E-state index in [1.807, 2.05) is 48.5 Å². The van der Waals surface area contributed by atoms with Crippen LogP contribution in [0.3, 0.4) is 0 Å². The minimum Gasteiger partial charge on any atom is -0.481 e. The van der Waals surface area contributed by atoms with Gasteiger partial charge in [0, 0.05) is 12.0 Å². The zero-order valence-electron chi connectivity index (χ0n) is 16.3. The molecule has 0 spiro atoms. The maximum absolute atomic E-state index is 12.4. The number of carboxylic acids is 1. The van der Waals surface area contributed by atoms with Crippen molar-refractivity contribution in [3.05, 3.63) is 93.5 Å². The van der Waals surface area contributed by atoms with Crippen molar-refractivity contribution >= 4 is 23.4 Å². The molecular formula is C23H18N2O6. The second kappa shape index (κ2) is 8.27. The fourth-order valence-electron chi connectivity index (χ4n) is 3.87. The number of carbonyl (C=O) groups is 2. The van der Waals surface area contributed by atoms with Crippen LogP contribution in [-0.2, 0) is 16.0 Å². The molecule has 156 valence electrons. The summed E-state index contributed by atoms with van der Waals surface area (Å²) in [6.07, 6.45) is -1.17. The van der Waals surface area contributed by atoms with E-state index in [-0.39, 0.29) is 30.3 Å². The maximum atomic E-state index is 12.4. The summed E-state index contributed by atoms with van der Waals surface area (Å²) in [5.41, 5.74) is 4.14. The van der Waals surface area contributed by atoms with E-state index in [0.717, 1.165) is 28.3 Å². The topological polar surface area (TPSA) is 119 Å². The van der Waals surface area contributed by atoms with Crippen molar-refractivity contribution in [1.82, 2.24) is 0 Å². The molecule has 8 nitrogen and oxygen atoms in total. The predicted molar refractivity (Wildman–Crippen MR) is 113 cm³/mol. The number of carbonyl (C=O) groups excluding carboxylic acids is 1. The lowest BCUT2D eigenvalue weighted by Gasteiger charge is -2.15. The number of nitrogens with one attached hydrogen (secondary N) is 1. The molecular weight excluding hydrogens is 400 g/mol. The van der Waals surface area contributed by atoms with Gasteiger partial charge in [0.25, 0.3) is 5.69 Å². The van der Waals surface area contributed by atoms with Crippen molar-refractivity contribution in [3.8, 4) is 11.1 Å². The maximum Gasteiger partial charge on any atom is 0.411 e. The van der Waals surface area contributed by atoms with Crippen molar-refractivity contribution in [2.24, 2.45) is 0 Å². The smallest absolute Gasteiger partial charge is 0.411 e. The quantitative estimate of drug-likeness (QED) is 0.447. The Labute approximate surface area is 177 Å². The molecule has 4 rings (SSSR count). The zero-order chi connectivity index (χ0) is 22.0. The Morgan fingerprint density at radius 2 is 1.61 bits per heavy atom. The van der Waals surface area contributed by atoms with Gasteiger partial charge in [-0.15, -0.1) is 0 Å². The first-order valence-corrected chi connectivity index (χ1v) is 9.55. The van der Waals surface area contributed by atoms with Crippen molar-refractivity contribution in [3.63, 3.8) is 0 Å². The van der Waals surface area contributed by atoms with Crippen molar-refractivity contribution in [1.29, 1.82) is 0 Å². The Balaban J connectivity index is 1.51. The Bertz CT molecular complexity index is 1140. The van der Waals surface area contributed by atoms with Gasteiger partial charge in [-0.05, 0) is 33.9 Å². The number of hydrogen-bond donors (Lipinski definition) is 2. The van der Waals surface area contributed by atoms with Gasteiger partial charge in [-0.2, -0.15) is 0 Å². The molecule has 0 atom stereocenters. The SMILES string of the molecule is O=C(O)Cc1ccc([N+](=O)[O-])c(NC(=O)OCC2c3ccccc3-c3ccccc32)c1. The summed E-state index contributed by atoms with van der Waals surface area (Å²) in [6.45, 7) is 0.0580. The second-order valence-electron chi connectivity index (χ2n) is 7.13. The van der Waals surface area contributed by atoms with E-state index in [4.69, 9.17) is 9.84 Å². The van der Waals surface area contributed by atoms with E-state index in [1.54, 1.807) is 0 Å². The molecule has 1 amide bonds. The van der Waals surface area contributed by atoms with E-state index in [1.165, 1.54) is 12.1 Å². The summed E-state index contributed by atoms with van der Waals surface area (Å²) in [5.74, 6) is -1.23. The van der Waals surface area contributed by atoms with Crippen LogP contribution in [0.5, 0.6) is 0 Å². The number of hydrogen-bond acceptors (Lipinski definition) is 5. The normalized spacial score (nSPS) is 12.0. The highest BCUT2D eigenvalue weighted by Crippen LogP contribution is 2.44. The first-order chi connectivity index (χ1) is 14.9. The van der Waals surface area contributed by atoms with Gasteiger partial charge in [0.2, 0.25) is 0 Å². The summed E-state index contributed by atoms with van der Waals surface area (Å²) < 4.78 is 5.41. The fraction of sp³-hybridized carbons (Fsp3) is 0.130. The van der Waals surface area contributed by atoms with Crippen LogP contribution in [0.4, 0.5) is 16.2 Å². The van der Waals surface area contributed by atoms with Crippen molar-refractivity contribution in [2.75, 3.05) is 11.9 Å². The lowest BCUT2D eigenvalue weighted by molar-refractivity contribution is -0.383. The monoisotopic (exact) mass is 418 g/mol. The number of anilines is 1. The Morgan fingerprint density at radius 3 is 2.19 bits per heavy atom. The van der Waals surface area contributed by atoms with Crippen LogP contribution in [0.1, 0.15) is 22.6 Å². The van der Waals surface area contributed by atoms with Gasteiger partial charge in [-0.3, -0.25) is 20.2 Å². The summed E-state index contributed by atoms with van der Waals surface area (Å²) >= 11 is 0. The molecule has 8 heteroatoms. The molecule has 1 aliphatic rings. The second-order valence-corrected chi connectivity index (χ2v) is 7.13. The Kier molecular flexibility index (Phi) is 5.36. The molecule has 0 aliphatic heterocycles. The molecule has 3 aromatic carbocycles. The largest absolute Gasteiger partial charge is 0.481 e. The number of nitro groups is 1. The number of nitro benzene ring substituents is 1. The van der Waals surface area contributed by atoms with E-state index in [9.17, 15) is 19.7 Å². The summed E-state index contributed by atoms with van der Waals surface area (Å²) in [7, 11) is 0. The van der Waals surface area contributed by atoms with Gasteiger partial charge in [0.1, 0.15) is 12.3 Å². The number of amides is 1. The molecule has 0 saturated heterocycles. The van der Waals surface area contributed by atoms with E-state index in [0.29, 0.717) is 5.56 Å². The predicted octanol–water partition coefficient (Wildman–Crippen LogP) is 4.58. The van der Waals surface area contributed by atoms with Crippen LogP contribution in [0, 0.1) is 10.1 Å². The molecule has 0 fully saturated rings. The first-order valence-electron chi connectivity index (χ1n) is 9.55. The minimum atomic E-state index is -1.08. The molecule has 2 N–H and O–H groups in total. The minimum absolute atomic E-state index is 0.0580. The summed E-state index contributed by atoms with van der Waals surface area (Å²) in [4.78, 5) is 34.0. The van der Waals surface area contributed by atoms with E-state index in [2.05, 4.69) is 5.32 Å². The van der Waals surface area contributed by atoms with Gasteiger partial charge < -0.3 is 9.84 Å². The average Bonchev–Trinajstić information content (AvgIpc) is 3.05. The van der Waals surface area contributed by atoms with Gasteiger partial charge in [0.15, 0.2) is 0 Å². The van der Waals surface area contributed by atoms with Crippen LogP contribution in [0.15, 0.2) is 66.7 Å².